The van der Waals surface area contributed by atoms with Gasteiger partial charge in [-0.1, -0.05) is 12.5 Å². The highest BCUT2D eigenvalue weighted by Gasteiger charge is 2.32. The molecule has 1 N–H and O–H groups in total. The van der Waals surface area contributed by atoms with E-state index in [1.165, 1.54) is 6.26 Å². The van der Waals surface area contributed by atoms with Crippen molar-refractivity contribution < 1.29 is 8.42 Å². The van der Waals surface area contributed by atoms with Crippen LogP contribution in [-0.2, 0) is 16.3 Å². The molecule has 4 nitrogen and oxygen atoms in total. The maximum absolute atomic E-state index is 11.8. The summed E-state index contributed by atoms with van der Waals surface area (Å²) >= 11 is 0. The molecule has 1 heterocycles. The van der Waals surface area contributed by atoms with Crippen LogP contribution in [0.4, 0.5) is 0 Å². The highest BCUT2D eigenvalue weighted by atomic mass is 32.2. The van der Waals surface area contributed by atoms with Crippen molar-refractivity contribution in [3.8, 4) is 0 Å². The lowest BCUT2D eigenvalue weighted by Crippen LogP contribution is -2.41. The predicted molar refractivity (Wildman–Crippen MR) is 81.4 cm³/mol. The first-order chi connectivity index (χ1) is 9.50. The Hall–Kier alpha value is -0.940. The number of nitrogens with one attached hydrogen (secondary N) is 1. The summed E-state index contributed by atoms with van der Waals surface area (Å²) in [5.74, 6) is 0.412. The van der Waals surface area contributed by atoms with Gasteiger partial charge in [-0.25, -0.2) is 8.42 Å². The van der Waals surface area contributed by atoms with E-state index in [9.17, 15) is 8.42 Å². The molecule has 1 saturated carbocycles. The molecule has 0 bridgehead atoms. The number of pyridine rings is 1. The molecule has 0 aromatic carbocycles. The maximum atomic E-state index is 11.8. The highest BCUT2D eigenvalue weighted by Crippen LogP contribution is 2.31. The van der Waals surface area contributed by atoms with Crippen molar-refractivity contribution in [2.24, 2.45) is 5.92 Å². The standard InChI is InChI=1S/C15H24N2O2S/c1-16-15(11-13-7-3-4-9-17-13)12-6-5-8-14(10-12)20(2,18)19/h3-4,7,9,12,14-16H,5-6,8,10-11H2,1-2H3. The first-order valence-electron chi connectivity index (χ1n) is 7.26. The minimum absolute atomic E-state index is 0.166. The molecular weight excluding hydrogens is 272 g/mol. The van der Waals surface area contributed by atoms with Gasteiger partial charge in [0, 0.05) is 30.6 Å². The summed E-state index contributed by atoms with van der Waals surface area (Å²) in [7, 11) is -0.961. The van der Waals surface area contributed by atoms with E-state index in [0.29, 0.717) is 12.0 Å². The number of nitrogens with zero attached hydrogens (tertiary/aromatic N) is 1. The number of aromatic nitrogens is 1. The lowest BCUT2D eigenvalue weighted by Gasteiger charge is -2.33. The average molecular weight is 296 g/mol. The highest BCUT2D eigenvalue weighted by molar-refractivity contribution is 7.91. The Balaban J connectivity index is 2.04. The van der Waals surface area contributed by atoms with Crippen LogP contribution in [0.3, 0.4) is 0 Å². The summed E-state index contributed by atoms with van der Waals surface area (Å²) in [4.78, 5) is 4.37. The van der Waals surface area contributed by atoms with Crippen LogP contribution < -0.4 is 5.32 Å². The zero-order chi connectivity index (χ0) is 14.6. The third-order valence-electron chi connectivity index (χ3n) is 4.37. The summed E-state index contributed by atoms with van der Waals surface area (Å²) < 4.78 is 23.5. The SMILES string of the molecule is CNC(Cc1ccccn1)C1CCCC(S(C)(=O)=O)C1. The van der Waals surface area contributed by atoms with Crippen molar-refractivity contribution in [3.63, 3.8) is 0 Å². The van der Waals surface area contributed by atoms with Crippen molar-refractivity contribution in [2.45, 2.75) is 43.4 Å². The van der Waals surface area contributed by atoms with Gasteiger partial charge in [0.05, 0.1) is 5.25 Å². The van der Waals surface area contributed by atoms with Gasteiger partial charge >= 0.3 is 0 Å². The Morgan fingerprint density at radius 3 is 2.80 bits per heavy atom. The van der Waals surface area contributed by atoms with Crippen molar-refractivity contribution in [1.82, 2.24) is 10.3 Å². The van der Waals surface area contributed by atoms with E-state index in [2.05, 4.69) is 10.3 Å². The summed E-state index contributed by atoms with van der Waals surface area (Å²) in [5.41, 5.74) is 1.06. The van der Waals surface area contributed by atoms with E-state index in [0.717, 1.165) is 37.8 Å². The first kappa shape index (κ1) is 15.4. The minimum atomic E-state index is -2.92. The van der Waals surface area contributed by atoms with Gasteiger partial charge in [0.25, 0.3) is 0 Å². The van der Waals surface area contributed by atoms with Crippen LogP contribution in [0.25, 0.3) is 0 Å². The summed E-state index contributed by atoms with van der Waals surface area (Å²) in [6.45, 7) is 0. The fourth-order valence-corrected chi connectivity index (χ4v) is 4.38. The Bertz CT molecular complexity index is 516. The number of sulfone groups is 1. The molecule has 1 aliphatic rings. The number of likely N-dealkylation sites (N-methyl/N-ethyl adjacent to an activating group) is 1. The van der Waals surface area contributed by atoms with Crippen molar-refractivity contribution in [1.29, 1.82) is 0 Å². The largest absolute Gasteiger partial charge is 0.316 e. The van der Waals surface area contributed by atoms with Gasteiger partial charge < -0.3 is 5.32 Å². The maximum Gasteiger partial charge on any atom is 0.150 e. The Kier molecular flexibility index (Phi) is 5.16. The van der Waals surface area contributed by atoms with Gasteiger partial charge in [-0.2, -0.15) is 0 Å². The average Bonchev–Trinajstić information content (AvgIpc) is 2.45. The summed E-state index contributed by atoms with van der Waals surface area (Å²) in [6, 6.07) is 6.24. The Labute approximate surface area is 121 Å². The Morgan fingerprint density at radius 2 is 2.20 bits per heavy atom. The molecule has 20 heavy (non-hydrogen) atoms. The van der Waals surface area contributed by atoms with Crippen molar-refractivity contribution in [3.05, 3.63) is 30.1 Å². The van der Waals surface area contributed by atoms with Crippen LogP contribution in [0.1, 0.15) is 31.4 Å². The molecule has 1 aromatic heterocycles. The molecule has 112 valence electrons. The molecule has 2 rings (SSSR count). The van der Waals surface area contributed by atoms with Gasteiger partial charge in [0.2, 0.25) is 0 Å². The molecule has 3 unspecified atom stereocenters. The van der Waals surface area contributed by atoms with Gasteiger partial charge in [-0.15, -0.1) is 0 Å². The third kappa shape index (κ3) is 4.03. The van der Waals surface area contributed by atoms with Crippen molar-refractivity contribution in [2.75, 3.05) is 13.3 Å². The molecule has 5 heteroatoms. The van der Waals surface area contributed by atoms with Gasteiger partial charge in [-0.3, -0.25) is 4.98 Å². The minimum Gasteiger partial charge on any atom is -0.316 e. The molecule has 1 aromatic rings. The zero-order valence-electron chi connectivity index (χ0n) is 12.2. The first-order valence-corrected chi connectivity index (χ1v) is 9.22. The molecule has 0 aliphatic heterocycles. The zero-order valence-corrected chi connectivity index (χ0v) is 13.1. The van der Waals surface area contributed by atoms with Gasteiger partial charge in [-0.05, 0) is 44.4 Å². The van der Waals surface area contributed by atoms with Crippen molar-refractivity contribution >= 4 is 9.84 Å². The Morgan fingerprint density at radius 1 is 1.40 bits per heavy atom. The second kappa shape index (κ2) is 6.68. The monoisotopic (exact) mass is 296 g/mol. The lowest BCUT2D eigenvalue weighted by atomic mass is 9.82. The lowest BCUT2D eigenvalue weighted by molar-refractivity contribution is 0.276. The predicted octanol–water partition coefficient (Wildman–Crippen LogP) is 1.82. The smallest absolute Gasteiger partial charge is 0.150 e. The van der Waals surface area contributed by atoms with E-state index < -0.39 is 9.84 Å². The van der Waals surface area contributed by atoms with E-state index in [1.807, 2.05) is 31.4 Å². The quantitative estimate of drug-likeness (QED) is 0.900. The molecule has 3 atom stereocenters. The molecular formula is C15H24N2O2S. The topological polar surface area (TPSA) is 59.1 Å². The van der Waals surface area contributed by atoms with Crippen LogP contribution >= 0.6 is 0 Å². The number of hydrogen-bond acceptors (Lipinski definition) is 4. The van der Waals surface area contributed by atoms with Gasteiger partial charge in [0.15, 0.2) is 0 Å². The normalized spacial score (nSPS) is 25.3. The second-order valence-electron chi connectivity index (χ2n) is 5.80. The number of rotatable bonds is 5. The molecule has 0 amide bonds. The molecule has 1 aliphatic carbocycles. The molecule has 0 spiro atoms. The molecule has 1 fully saturated rings. The van der Waals surface area contributed by atoms with Crippen LogP contribution in [0.15, 0.2) is 24.4 Å². The van der Waals surface area contributed by atoms with Crippen LogP contribution in [0.2, 0.25) is 0 Å². The van der Waals surface area contributed by atoms with E-state index >= 15 is 0 Å². The summed E-state index contributed by atoms with van der Waals surface area (Å²) in [6.07, 6.45) is 7.73. The van der Waals surface area contributed by atoms with E-state index in [1.54, 1.807) is 0 Å². The molecule has 0 saturated heterocycles. The van der Waals surface area contributed by atoms with Crippen LogP contribution in [-0.4, -0.2) is 38.0 Å². The van der Waals surface area contributed by atoms with Gasteiger partial charge in [0.1, 0.15) is 9.84 Å². The second-order valence-corrected chi connectivity index (χ2v) is 8.12. The fourth-order valence-electron chi connectivity index (χ4n) is 3.18. The van der Waals surface area contributed by atoms with Crippen LogP contribution in [0, 0.1) is 5.92 Å². The van der Waals surface area contributed by atoms with E-state index in [-0.39, 0.29) is 5.25 Å². The van der Waals surface area contributed by atoms with E-state index in [4.69, 9.17) is 0 Å². The fraction of sp³-hybridized carbons (Fsp3) is 0.667. The number of hydrogen-bond donors (Lipinski definition) is 1. The molecule has 0 radical (unpaired) electrons. The third-order valence-corrected chi connectivity index (χ3v) is 6.01. The van der Waals surface area contributed by atoms with Crippen LogP contribution in [0.5, 0.6) is 0 Å². The summed E-state index contributed by atoms with van der Waals surface area (Å²) in [5, 5.41) is 3.19.